The summed E-state index contributed by atoms with van der Waals surface area (Å²) in [6.45, 7) is 3.91. The maximum absolute atomic E-state index is 6.01. The van der Waals surface area contributed by atoms with Crippen LogP contribution in [-0.4, -0.2) is 50.3 Å². The van der Waals surface area contributed by atoms with E-state index in [1.165, 1.54) is 32.1 Å². The normalized spacial score (nSPS) is 27.0. The molecule has 2 unspecified atom stereocenters. The smallest absolute Gasteiger partial charge is 0.191 e. The average Bonchev–Trinajstić information content (AvgIpc) is 2.53. The van der Waals surface area contributed by atoms with Gasteiger partial charge in [-0.05, 0) is 32.4 Å². The molecule has 6 heteroatoms. The van der Waals surface area contributed by atoms with Gasteiger partial charge in [-0.25, -0.2) is 0 Å². The number of thioether (sulfide) groups is 1. The molecule has 22 heavy (non-hydrogen) atoms. The Hall–Kier alpha value is 0.310. The molecule has 0 amide bonds. The van der Waals surface area contributed by atoms with Crippen molar-refractivity contribution in [3.8, 4) is 0 Å². The zero-order chi connectivity index (χ0) is 15.1. The highest BCUT2D eigenvalue weighted by Crippen LogP contribution is 2.53. The van der Waals surface area contributed by atoms with Crippen molar-refractivity contribution in [2.45, 2.75) is 57.6 Å². The molecule has 2 fully saturated rings. The second kappa shape index (κ2) is 10.2. The van der Waals surface area contributed by atoms with Crippen LogP contribution in [0.2, 0.25) is 0 Å². The second-order valence-corrected chi connectivity index (χ2v) is 7.15. The third kappa shape index (κ3) is 4.66. The number of nitrogens with one attached hydrogen (secondary N) is 2. The van der Waals surface area contributed by atoms with Crippen molar-refractivity contribution in [3.05, 3.63) is 0 Å². The van der Waals surface area contributed by atoms with E-state index >= 15 is 0 Å². The number of aliphatic imine (C=N–C) groups is 1. The van der Waals surface area contributed by atoms with Gasteiger partial charge in [-0.2, -0.15) is 11.8 Å². The van der Waals surface area contributed by atoms with Crippen LogP contribution in [0.25, 0.3) is 0 Å². The summed E-state index contributed by atoms with van der Waals surface area (Å²) in [5.41, 5.74) is 0.353. The molecule has 2 atom stereocenters. The van der Waals surface area contributed by atoms with Crippen LogP contribution in [-0.2, 0) is 4.74 Å². The Labute approximate surface area is 157 Å². The largest absolute Gasteiger partial charge is 0.378 e. The van der Waals surface area contributed by atoms with Gasteiger partial charge in [0.25, 0.3) is 0 Å². The molecule has 0 aromatic carbocycles. The second-order valence-electron chi connectivity index (χ2n) is 6.16. The lowest BCUT2D eigenvalue weighted by Crippen LogP contribution is -2.66. The Morgan fingerprint density at radius 1 is 1.32 bits per heavy atom. The lowest BCUT2D eigenvalue weighted by Gasteiger charge is -2.57. The first kappa shape index (κ1) is 20.4. The molecule has 0 radical (unpaired) electrons. The van der Waals surface area contributed by atoms with Crippen LogP contribution < -0.4 is 10.6 Å². The summed E-state index contributed by atoms with van der Waals surface area (Å²) >= 11 is 1.86. The third-order valence-electron chi connectivity index (χ3n) is 5.07. The van der Waals surface area contributed by atoms with E-state index in [1.807, 2.05) is 18.8 Å². The monoisotopic (exact) mass is 441 g/mol. The van der Waals surface area contributed by atoms with E-state index in [9.17, 15) is 0 Å². The summed E-state index contributed by atoms with van der Waals surface area (Å²) in [5.74, 6) is 2.06. The molecule has 130 valence electrons. The zero-order valence-corrected chi connectivity index (χ0v) is 17.3. The van der Waals surface area contributed by atoms with Gasteiger partial charge in [0.05, 0.1) is 6.10 Å². The molecule has 2 saturated carbocycles. The molecule has 0 aromatic rings. The molecule has 0 heterocycles. The summed E-state index contributed by atoms with van der Waals surface area (Å²) < 4.78 is 6.01. The highest BCUT2D eigenvalue weighted by atomic mass is 127. The minimum Gasteiger partial charge on any atom is -0.378 e. The number of guanidine groups is 1. The molecule has 0 bridgehead atoms. The van der Waals surface area contributed by atoms with Crippen LogP contribution in [0, 0.1) is 5.41 Å². The Bertz CT molecular complexity index is 348. The van der Waals surface area contributed by atoms with Crippen molar-refractivity contribution in [2.75, 3.05) is 32.2 Å². The van der Waals surface area contributed by atoms with Gasteiger partial charge >= 0.3 is 0 Å². The summed E-state index contributed by atoms with van der Waals surface area (Å²) in [5, 5.41) is 7.08. The van der Waals surface area contributed by atoms with Crippen LogP contribution in [0.1, 0.15) is 45.4 Å². The van der Waals surface area contributed by atoms with Crippen molar-refractivity contribution < 1.29 is 4.74 Å². The van der Waals surface area contributed by atoms with E-state index in [-0.39, 0.29) is 24.0 Å². The van der Waals surface area contributed by atoms with E-state index in [0.29, 0.717) is 17.6 Å². The zero-order valence-electron chi connectivity index (χ0n) is 14.2. The van der Waals surface area contributed by atoms with E-state index in [0.717, 1.165) is 31.3 Å². The van der Waals surface area contributed by atoms with Crippen LogP contribution >= 0.6 is 35.7 Å². The Morgan fingerprint density at radius 3 is 2.64 bits per heavy atom. The highest BCUT2D eigenvalue weighted by molar-refractivity contribution is 14.0. The minimum atomic E-state index is 0. The van der Waals surface area contributed by atoms with Crippen molar-refractivity contribution in [2.24, 2.45) is 10.4 Å². The topological polar surface area (TPSA) is 45.6 Å². The summed E-state index contributed by atoms with van der Waals surface area (Å²) in [6, 6.07) is 0.523. The molecular formula is C16H32IN3OS. The maximum atomic E-state index is 6.01. The van der Waals surface area contributed by atoms with Gasteiger partial charge in [0.2, 0.25) is 0 Å². The number of hydrogen-bond donors (Lipinski definition) is 2. The molecule has 2 aliphatic rings. The average molecular weight is 441 g/mol. The molecule has 4 nitrogen and oxygen atoms in total. The van der Waals surface area contributed by atoms with Gasteiger partial charge in [0.15, 0.2) is 5.96 Å². The molecule has 2 aliphatic carbocycles. The molecule has 0 aromatic heterocycles. The van der Waals surface area contributed by atoms with Gasteiger partial charge in [-0.15, -0.1) is 24.0 Å². The summed E-state index contributed by atoms with van der Waals surface area (Å²) in [4.78, 5) is 4.38. The number of halogens is 1. The summed E-state index contributed by atoms with van der Waals surface area (Å²) in [7, 11) is 1.86. The van der Waals surface area contributed by atoms with Crippen molar-refractivity contribution >= 4 is 41.7 Å². The van der Waals surface area contributed by atoms with Gasteiger partial charge in [0, 0.05) is 37.4 Å². The summed E-state index contributed by atoms with van der Waals surface area (Å²) in [6.07, 6.45) is 10.4. The molecule has 1 spiro atoms. The number of rotatable bonds is 6. The number of ether oxygens (including phenoxy) is 1. The lowest BCUT2D eigenvalue weighted by atomic mass is 9.55. The van der Waals surface area contributed by atoms with Crippen molar-refractivity contribution in [1.82, 2.24) is 10.6 Å². The molecule has 0 saturated heterocycles. The Kier molecular flexibility index (Phi) is 9.47. The first-order chi connectivity index (χ1) is 10.3. The van der Waals surface area contributed by atoms with Crippen LogP contribution in [0.5, 0.6) is 0 Å². The van der Waals surface area contributed by atoms with Crippen molar-refractivity contribution in [1.29, 1.82) is 0 Å². The van der Waals surface area contributed by atoms with E-state index < -0.39 is 0 Å². The fourth-order valence-electron chi connectivity index (χ4n) is 3.90. The third-order valence-corrected chi connectivity index (χ3v) is 5.68. The fourth-order valence-corrected chi connectivity index (χ4v) is 4.20. The number of nitrogens with zero attached hydrogens (tertiary/aromatic N) is 1. The van der Waals surface area contributed by atoms with Gasteiger partial charge < -0.3 is 15.4 Å². The SMILES string of the molecule is CCOC1CC(NC(=NC)NCCSC)C12CCCCC2.I. The van der Waals surface area contributed by atoms with Gasteiger partial charge in [0.1, 0.15) is 0 Å². The van der Waals surface area contributed by atoms with Crippen LogP contribution in [0.3, 0.4) is 0 Å². The Balaban J connectivity index is 0.00000242. The van der Waals surface area contributed by atoms with E-state index in [1.54, 1.807) is 0 Å². The van der Waals surface area contributed by atoms with E-state index in [4.69, 9.17) is 4.74 Å². The quantitative estimate of drug-likeness (QED) is 0.288. The molecule has 2 rings (SSSR count). The molecule has 2 N–H and O–H groups in total. The van der Waals surface area contributed by atoms with E-state index in [2.05, 4.69) is 28.8 Å². The molecular weight excluding hydrogens is 409 g/mol. The molecule has 0 aliphatic heterocycles. The minimum absolute atomic E-state index is 0. The standard InChI is InChI=1S/C16H31N3OS.HI/c1-4-20-14-12-13(16(14)8-6-5-7-9-16)19-15(17-2)18-10-11-21-3;/h13-14H,4-12H2,1-3H3,(H2,17,18,19);1H. The first-order valence-corrected chi connectivity index (χ1v) is 9.74. The van der Waals surface area contributed by atoms with Gasteiger partial charge in [-0.3, -0.25) is 4.99 Å². The fraction of sp³-hybridized carbons (Fsp3) is 0.938. The lowest BCUT2D eigenvalue weighted by molar-refractivity contribution is -0.145. The predicted molar refractivity (Wildman–Crippen MR) is 108 cm³/mol. The van der Waals surface area contributed by atoms with Crippen molar-refractivity contribution in [3.63, 3.8) is 0 Å². The maximum Gasteiger partial charge on any atom is 0.191 e. The van der Waals surface area contributed by atoms with Crippen LogP contribution in [0.4, 0.5) is 0 Å². The Morgan fingerprint density at radius 2 is 2.05 bits per heavy atom. The predicted octanol–water partition coefficient (Wildman–Crippen LogP) is 3.26. The van der Waals surface area contributed by atoms with Crippen LogP contribution in [0.15, 0.2) is 4.99 Å². The number of hydrogen-bond acceptors (Lipinski definition) is 3. The first-order valence-electron chi connectivity index (χ1n) is 8.34. The van der Waals surface area contributed by atoms with Gasteiger partial charge in [-0.1, -0.05) is 19.3 Å². The highest BCUT2D eigenvalue weighted by Gasteiger charge is 2.55.